The second kappa shape index (κ2) is 16.6. The predicted octanol–water partition coefficient (Wildman–Crippen LogP) is 5.85. The van der Waals surface area contributed by atoms with Crippen molar-refractivity contribution in [1.82, 2.24) is 14.1 Å². The van der Waals surface area contributed by atoms with E-state index in [4.69, 9.17) is 9.98 Å². The lowest BCUT2D eigenvalue weighted by atomic mass is 10.2. The predicted molar refractivity (Wildman–Crippen MR) is 245 cm³/mol. The standard InChI is InChI=1S/C45H36N9OS5/c1-5-53-39(24-37-52(18-19-56-37)27-28-10-8-7-9-11-28)59-40(44-50(3)33-20-29(25-46)12-14-35(33)57-44)42(53)49-31-16-17-48-32(22-31)23-38-54(6-2)43(55)41(60-38)45-51(4)34-21-30(26-47)13-15-36(34)58-45/h7-24H,5-6,27H2,1-4H3/q+1. The molecule has 2 aliphatic rings. The van der Waals surface area contributed by atoms with Gasteiger partial charge in [-0.1, -0.05) is 65.2 Å². The molecule has 0 saturated carbocycles. The molecule has 7 aromatic rings. The van der Waals surface area contributed by atoms with Crippen molar-refractivity contribution in [3.05, 3.63) is 158 Å². The Kier molecular flexibility index (Phi) is 10.9. The highest BCUT2D eigenvalue weighted by molar-refractivity contribution is 8.09. The number of nitriles is 2. The van der Waals surface area contributed by atoms with E-state index in [1.165, 1.54) is 16.9 Å². The maximum Gasteiger partial charge on any atom is 0.271 e. The van der Waals surface area contributed by atoms with Crippen molar-refractivity contribution in [3.8, 4) is 12.1 Å². The number of pyridine rings is 1. The zero-order valence-corrected chi connectivity index (χ0v) is 37.1. The Morgan fingerprint density at radius 2 is 1.42 bits per heavy atom. The summed E-state index contributed by atoms with van der Waals surface area (Å²) in [5, 5.41) is 24.3. The summed E-state index contributed by atoms with van der Waals surface area (Å²) in [4.78, 5) is 30.3. The van der Waals surface area contributed by atoms with E-state index >= 15 is 0 Å². The highest BCUT2D eigenvalue weighted by Gasteiger charge is 2.27. The van der Waals surface area contributed by atoms with Crippen LogP contribution in [0.4, 0.5) is 17.1 Å². The van der Waals surface area contributed by atoms with E-state index in [1.54, 1.807) is 57.0 Å². The molecular formula is C45H36N9OS5+. The molecule has 0 N–H and O–H groups in total. The number of anilines is 2. The molecule has 0 spiro atoms. The molecule has 4 aromatic heterocycles. The minimum atomic E-state index is -0.0538. The molecule has 10 nitrogen and oxygen atoms in total. The molecule has 0 saturated heterocycles. The van der Waals surface area contributed by atoms with Crippen LogP contribution in [0.1, 0.15) is 41.2 Å². The summed E-state index contributed by atoms with van der Waals surface area (Å²) in [6, 6.07) is 30.3. The molecule has 9 rings (SSSR count). The quantitative estimate of drug-likeness (QED) is 0.184. The second-order valence-corrected chi connectivity index (χ2v) is 18.9. The highest BCUT2D eigenvalue weighted by atomic mass is 32.2. The molecule has 0 unspecified atom stereocenters. The Morgan fingerprint density at radius 3 is 2.07 bits per heavy atom. The van der Waals surface area contributed by atoms with E-state index in [0.29, 0.717) is 34.4 Å². The fraction of sp³-hybridized carbons (Fsp3) is 0.156. The third-order valence-corrected chi connectivity index (χ3v) is 16.0. The number of thioether (sulfide) groups is 2. The number of hydrogen-bond donors (Lipinski definition) is 0. The molecule has 60 heavy (non-hydrogen) atoms. The largest absolute Gasteiger partial charge is 0.337 e. The minimum Gasteiger partial charge on any atom is -0.337 e. The van der Waals surface area contributed by atoms with Crippen LogP contribution in [0.2, 0.25) is 0 Å². The first-order valence-electron chi connectivity index (χ1n) is 19.1. The van der Waals surface area contributed by atoms with Crippen molar-refractivity contribution < 1.29 is 4.57 Å². The molecule has 0 amide bonds. The first kappa shape index (κ1) is 39.5. The normalized spacial score (nSPS) is 16.1. The number of hydrogen-bond acceptors (Lipinski definition) is 12. The van der Waals surface area contributed by atoms with Crippen molar-refractivity contribution in [1.29, 1.82) is 10.5 Å². The average molecular weight is 879 g/mol. The van der Waals surface area contributed by atoms with Gasteiger partial charge in [0, 0.05) is 48.7 Å². The van der Waals surface area contributed by atoms with Gasteiger partial charge in [0.2, 0.25) is 0 Å². The second-order valence-electron chi connectivity index (χ2n) is 13.9. The molecule has 296 valence electrons. The van der Waals surface area contributed by atoms with Gasteiger partial charge < -0.3 is 14.4 Å². The molecule has 2 aliphatic heterocycles. The number of aromatic nitrogens is 4. The van der Waals surface area contributed by atoms with Crippen molar-refractivity contribution >= 4 is 96.8 Å². The van der Waals surface area contributed by atoms with Crippen LogP contribution >= 0.6 is 57.5 Å². The van der Waals surface area contributed by atoms with Crippen LogP contribution in [-0.4, -0.2) is 28.2 Å². The molecule has 0 fully saturated rings. The van der Waals surface area contributed by atoms with E-state index in [9.17, 15) is 15.3 Å². The molecule has 6 heterocycles. The lowest BCUT2D eigenvalue weighted by molar-refractivity contribution is -0.685. The lowest BCUT2D eigenvalue weighted by Crippen LogP contribution is -2.36. The first-order valence-corrected chi connectivity index (χ1v) is 23.3. The van der Waals surface area contributed by atoms with E-state index in [1.807, 2.05) is 79.5 Å². The Labute approximate surface area is 366 Å². The third-order valence-electron chi connectivity index (χ3n) is 10.2. The van der Waals surface area contributed by atoms with Gasteiger partial charge in [0.05, 0.1) is 57.5 Å². The van der Waals surface area contributed by atoms with E-state index < -0.39 is 0 Å². The van der Waals surface area contributed by atoms with E-state index in [0.717, 1.165) is 67.8 Å². The fourth-order valence-corrected chi connectivity index (χ4v) is 13.0. The summed E-state index contributed by atoms with van der Waals surface area (Å²) < 4.78 is 9.88. The van der Waals surface area contributed by atoms with E-state index in [2.05, 4.69) is 82.1 Å². The van der Waals surface area contributed by atoms with Gasteiger partial charge in [0.25, 0.3) is 10.6 Å². The lowest BCUT2D eigenvalue weighted by Gasteiger charge is -2.12. The topological polar surface area (TPSA) is 110 Å². The SMILES string of the molecule is CCn1c(=Cc2cc(N=c3c(=C4Sc5ccc(C#N)cc5N4C)sc(=Cc4scc[n+]4Cc4ccccc4)n3CC)ccn2)sc(=C2Sc3ccc(C#N)cc3N2C)c1=O. The summed E-state index contributed by atoms with van der Waals surface area (Å²) in [7, 11) is 3.99. The van der Waals surface area contributed by atoms with Crippen LogP contribution in [-0.2, 0) is 19.6 Å². The molecule has 15 heteroatoms. The molecule has 0 radical (unpaired) electrons. The molecular weight excluding hydrogens is 843 g/mol. The van der Waals surface area contributed by atoms with Gasteiger partial charge in [0.15, 0.2) is 18.2 Å². The van der Waals surface area contributed by atoms with Crippen LogP contribution in [0.25, 0.3) is 22.2 Å². The maximum atomic E-state index is 13.9. The van der Waals surface area contributed by atoms with Crippen LogP contribution in [0.5, 0.6) is 0 Å². The Balaban J connectivity index is 1.19. The summed E-state index contributed by atoms with van der Waals surface area (Å²) in [6.07, 6.45) is 8.12. The summed E-state index contributed by atoms with van der Waals surface area (Å²) in [5.41, 5.74) is 6.56. The van der Waals surface area contributed by atoms with E-state index in [-0.39, 0.29) is 5.56 Å². The van der Waals surface area contributed by atoms with Crippen molar-refractivity contribution in [2.24, 2.45) is 4.99 Å². The van der Waals surface area contributed by atoms with Crippen LogP contribution < -0.4 is 43.8 Å². The third kappa shape index (κ3) is 7.33. The zero-order valence-electron chi connectivity index (χ0n) is 33.0. The van der Waals surface area contributed by atoms with Gasteiger partial charge in [-0.3, -0.25) is 14.3 Å². The van der Waals surface area contributed by atoms with Gasteiger partial charge in [-0.05, 0) is 68.5 Å². The highest BCUT2D eigenvalue weighted by Crippen LogP contribution is 2.46. The monoisotopic (exact) mass is 878 g/mol. The number of thiazole rings is 3. The minimum absolute atomic E-state index is 0.0538. The van der Waals surface area contributed by atoms with Crippen LogP contribution in [0.15, 0.2) is 116 Å². The molecule has 3 aromatic carbocycles. The summed E-state index contributed by atoms with van der Waals surface area (Å²) in [6.45, 7) is 6.08. The van der Waals surface area contributed by atoms with Crippen molar-refractivity contribution in [2.75, 3.05) is 23.9 Å². The van der Waals surface area contributed by atoms with Gasteiger partial charge in [-0.25, -0.2) is 4.99 Å². The number of fused-ring (bicyclic) bond motifs is 2. The summed E-state index contributed by atoms with van der Waals surface area (Å²) >= 11 is 8.10. The van der Waals surface area contributed by atoms with Gasteiger partial charge >= 0.3 is 0 Å². The van der Waals surface area contributed by atoms with Crippen LogP contribution in [0, 0.1) is 22.7 Å². The average Bonchev–Trinajstić information content (AvgIpc) is 4.08. The smallest absolute Gasteiger partial charge is 0.271 e. The Bertz CT molecular complexity index is 3330. The number of rotatable bonds is 7. The van der Waals surface area contributed by atoms with Crippen molar-refractivity contribution in [3.63, 3.8) is 0 Å². The number of benzene rings is 3. The van der Waals surface area contributed by atoms with Crippen LogP contribution in [0.3, 0.4) is 0 Å². The molecule has 0 atom stereocenters. The Hall–Kier alpha value is -5.94. The fourth-order valence-electron chi connectivity index (χ4n) is 7.18. The molecule has 0 bridgehead atoms. The van der Waals surface area contributed by atoms with Gasteiger partial charge in [-0.15, -0.1) is 22.7 Å². The maximum absolute atomic E-state index is 13.9. The number of nitrogens with zero attached hydrogens (tertiary/aromatic N) is 9. The molecule has 0 aliphatic carbocycles. The van der Waals surface area contributed by atoms with Crippen molar-refractivity contribution in [2.45, 2.75) is 43.3 Å². The summed E-state index contributed by atoms with van der Waals surface area (Å²) in [5.74, 6) is 0. The van der Waals surface area contributed by atoms with Gasteiger partial charge in [0.1, 0.15) is 28.4 Å². The van der Waals surface area contributed by atoms with Gasteiger partial charge in [-0.2, -0.15) is 15.1 Å². The first-order chi connectivity index (χ1) is 29.3. The zero-order chi connectivity index (χ0) is 41.5. The Morgan fingerprint density at radius 1 is 0.783 bits per heavy atom.